The fraction of sp³-hybridized carbons (Fsp3) is 0.500. The van der Waals surface area contributed by atoms with E-state index >= 15 is 0 Å². The third-order valence-corrected chi connectivity index (χ3v) is 6.07. The van der Waals surface area contributed by atoms with Crippen LogP contribution in [0.5, 0.6) is 0 Å². The van der Waals surface area contributed by atoms with Crippen molar-refractivity contribution >= 4 is 16.1 Å². The first-order chi connectivity index (χ1) is 9.57. The van der Waals surface area contributed by atoms with Gasteiger partial charge in [-0.3, -0.25) is 4.90 Å². The van der Waals surface area contributed by atoms with E-state index < -0.39 is 9.84 Å². The standard InChI is InChI=1S/C14H20N2O3S/c15-11-12-1-3-13(4-2-12)20(18,19)14-5-7-16(8-6-14)9-10-17/h1-4,10,14H,5-9,11,15H2. The van der Waals surface area contributed by atoms with Gasteiger partial charge in [0.25, 0.3) is 0 Å². The number of rotatable bonds is 5. The summed E-state index contributed by atoms with van der Waals surface area (Å²) in [5.41, 5.74) is 6.43. The van der Waals surface area contributed by atoms with E-state index in [-0.39, 0.29) is 5.25 Å². The van der Waals surface area contributed by atoms with Gasteiger partial charge in [0, 0.05) is 6.54 Å². The third-order valence-electron chi connectivity index (χ3n) is 3.79. The highest BCUT2D eigenvalue weighted by Gasteiger charge is 2.30. The largest absolute Gasteiger partial charge is 0.326 e. The summed E-state index contributed by atoms with van der Waals surface area (Å²) in [6.45, 7) is 2.11. The summed E-state index contributed by atoms with van der Waals surface area (Å²) in [5, 5.41) is -0.353. The average molecular weight is 296 g/mol. The van der Waals surface area contributed by atoms with Crippen LogP contribution in [-0.2, 0) is 21.2 Å². The van der Waals surface area contributed by atoms with E-state index in [1.807, 2.05) is 4.90 Å². The molecular weight excluding hydrogens is 276 g/mol. The quantitative estimate of drug-likeness (QED) is 0.804. The molecule has 1 saturated heterocycles. The molecule has 1 heterocycles. The molecule has 20 heavy (non-hydrogen) atoms. The summed E-state index contributed by atoms with van der Waals surface area (Å²) in [7, 11) is -3.28. The zero-order chi connectivity index (χ0) is 14.6. The number of benzene rings is 1. The molecule has 1 aromatic carbocycles. The van der Waals surface area contributed by atoms with Crippen LogP contribution in [0.3, 0.4) is 0 Å². The SMILES string of the molecule is NCc1ccc(S(=O)(=O)C2CCN(CC=O)CC2)cc1. The van der Waals surface area contributed by atoms with Gasteiger partial charge in [0.2, 0.25) is 0 Å². The number of sulfone groups is 1. The van der Waals surface area contributed by atoms with Crippen LogP contribution in [0.25, 0.3) is 0 Å². The molecule has 1 aliphatic rings. The highest BCUT2D eigenvalue weighted by Crippen LogP contribution is 2.24. The van der Waals surface area contributed by atoms with E-state index in [1.165, 1.54) is 0 Å². The van der Waals surface area contributed by atoms with Crippen LogP contribution in [-0.4, -0.2) is 44.5 Å². The molecule has 0 aliphatic carbocycles. The second kappa shape index (κ2) is 6.47. The number of likely N-dealkylation sites (tertiary alicyclic amines) is 1. The predicted molar refractivity (Wildman–Crippen MR) is 77.0 cm³/mol. The molecule has 0 amide bonds. The van der Waals surface area contributed by atoms with Crippen LogP contribution < -0.4 is 5.73 Å². The van der Waals surface area contributed by atoms with E-state index in [0.717, 1.165) is 11.8 Å². The van der Waals surface area contributed by atoms with E-state index in [2.05, 4.69) is 0 Å². The first-order valence-electron chi connectivity index (χ1n) is 6.77. The van der Waals surface area contributed by atoms with Gasteiger partial charge in [0.1, 0.15) is 6.29 Å². The summed E-state index contributed by atoms with van der Waals surface area (Å²) in [5.74, 6) is 0. The summed E-state index contributed by atoms with van der Waals surface area (Å²) < 4.78 is 25.1. The van der Waals surface area contributed by atoms with Gasteiger partial charge < -0.3 is 10.5 Å². The Kier molecular flexibility index (Phi) is 4.91. The van der Waals surface area contributed by atoms with Crippen LogP contribution in [0.1, 0.15) is 18.4 Å². The van der Waals surface area contributed by atoms with Gasteiger partial charge in [0.05, 0.1) is 16.7 Å². The van der Waals surface area contributed by atoms with Gasteiger partial charge >= 0.3 is 0 Å². The molecule has 0 bridgehead atoms. The molecule has 0 radical (unpaired) electrons. The molecule has 1 fully saturated rings. The van der Waals surface area contributed by atoms with Gasteiger partial charge in [0.15, 0.2) is 9.84 Å². The highest BCUT2D eigenvalue weighted by molar-refractivity contribution is 7.92. The van der Waals surface area contributed by atoms with Gasteiger partial charge in [-0.25, -0.2) is 8.42 Å². The van der Waals surface area contributed by atoms with Gasteiger partial charge in [-0.15, -0.1) is 0 Å². The zero-order valence-corrected chi connectivity index (χ0v) is 12.2. The maximum Gasteiger partial charge on any atom is 0.181 e. The Morgan fingerprint density at radius 3 is 2.30 bits per heavy atom. The molecule has 1 aromatic rings. The Balaban J connectivity index is 2.08. The minimum atomic E-state index is -3.28. The lowest BCUT2D eigenvalue weighted by Crippen LogP contribution is -2.40. The molecule has 6 heteroatoms. The van der Waals surface area contributed by atoms with Crippen molar-refractivity contribution in [2.75, 3.05) is 19.6 Å². The van der Waals surface area contributed by atoms with Crippen molar-refractivity contribution in [1.82, 2.24) is 4.90 Å². The monoisotopic (exact) mass is 296 g/mol. The van der Waals surface area contributed by atoms with Gasteiger partial charge in [-0.2, -0.15) is 0 Å². The molecule has 1 aliphatic heterocycles. The van der Waals surface area contributed by atoms with Crippen LogP contribution in [0.4, 0.5) is 0 Å². The van der Waals surface area contributed by atoms with Crippen molar-refractivity contribution in [3.8, 4) is 0 Å². The summed E-state index contributed by atoms with van der Waals surface area (Å²) >= 11 is 0. The number of aldehydes is 1. The number of carbonyl (C=O) groups is 1. The van der Waals surface area contributed by atoms with Crippen LogP contribution >= 0.6 is 0 Å². The number of hydrogen-bond acceptors (Lipinski definition) is 5. The Morgan fingerprint density at radius 1 is 1.20 bits per heavy atom. The Bertz CT molecular complexity index is 546. The molecule has 5 nitrogen and oxygen atoms in total. The number of carbonyl (C=O) groups excluding carboxylic acids is 1. The molecular formula is C14H20N2O3S. The van der Waals surface area contributed by atoms with E-state index in [9.17, 15) is 13.2 Å². The molecule has 110 valence electrons. The number of nitrogens with zero attached hydrogens (tertiary/aromatic N) is 1. The summed E-state index contributed by atoms with van der Waals surface area (Å²) in [6, 6.07) is 6.79. The van der Waals surface area contributed by atoms with Crippen LogP contribution in [0, 0.1) is 0 Å². The zero-order valence-electron chi connectivity index (χ0n) is 11.4. The van der Waals surface area contributed by atoms with Crippen molar-refractivity contribution in [3.63, 3.8) is 0 Å². The minimum absolute atomic E-state index is 0.353. The fourth-order valence-corrected chi connectivity index (χ4v) is 4.25. The Labute approximate surface area is 119 Å². The Hall–Kier alpha value is -1.24. The van der Waals surface area contributed by atoms with E-state index in [4.69, 9.17) is 5.73 Å². The van der Waals surface area contributed by atoms with Crippen molar-refractivity contribution < 1.29 is 13.2 Å². The maximum absolute atomic E-state index is 12.5. The minimum Gasteiger partial charge on any atom is -0.326 e. The lowest BCUT2D eigenvalue weighted by molar-refractivity contribution is -0.109. The van der Waals surface area contributed by atoms with Crippen molar-refractivity contribution in [2.24, 2.45) is 5.73 Å². The van der Waals surface area contributed by atoms with E-state index in [0.29, 0.717) is 43.9 Å². The molecule has 2 rings (SSSR count). The molecule has 0 saturated carbocycles. The lowest BCUT2D eigenvalue weighted by Gasteiger charge is -2.30. The summed E-state index contributed by atoms with van der Waals surface area (Å²) in [4.78, 5) is 12.8. The number of nitrogens with two attached hydrogens (primary N) is 1. The number of hydrogen-bond donors (Lipinski definition) is 1. The predicted octanol–water partition coefficient (Wildman–Crippen LogP) is 0.582. The number of piperidine rings is 1. The second-order valence-corrected chi connectivity index (χ2v) is 7.29. The average Bonchev–Trinajstić information content (AvgIpc) is 2.48. The molecule has 0 aromatic heterocycles. The highest BCUT2D eigenvalue weighted by atomic mass is 32.2. The molecule has 0 spiro atoms. The summed E-state index contributed by atoms with van der Waals surface area (Å²) in [6.07, 6.45) is 2.02. The molecule has 0 unspecified atom stereocenters. The maximum atomic E-state index is 12.5. The van der Waals surface area contributed by atoms with Crippen molar-refractivity contribution in [2.45, 2.75) is 29.5 Å². The third kappa shape index (κ3) is 3.26. The smallest absolute Gasteiger partial charge is 0.181 e. The van der Waals surface area contributed by atoms with Crippen LogP contribution in [0.15, 0.2) is 29.2 Å². The Morgan fingerprint density at radius 2 is 1.80 bits per heavy atom. The van der Waals surface area contributed by atoms with Crippen LogP contribution in [0.2, 0.25) is 0 Å². The topological polar surface area (TPSA) is 80.5 Å². The lowest BCUT2D eigenvalue weighted by atomic mass is 10.1. The first-order valence-corrected chi connectivity index (χ1v) is 8.31. The van der Waals surface area contributed by atoms with Gasteiger partial charge in [-0.1, -0.05) is 12.1 Å². The molecule has 0 atom stereocenters. The normalized spacial score (nSPS) is 18.1. The van der Waals surface area contributed by atoms with Gasteiger partial charge in [-0.05, 0) is 43.6 Å². The van der Waals surface area contributed by atoms with Crippen molar-refractivity contribution in [3.05, 3.63) is 29.8 Å². The van der Waals surface area contributed by atoms with E-state index in [1.54, 1.807) is 24.3 Å². The molecule has 2 N–H and O–H groups in total. The first kappa shape index (κ1) is 15.2. The van der Waals surface area contributed by atoms with Crippen molar-refractivity contribution in [1.29, 1.82) is 0 Å². The fourth-order valence-electron chi connectivity index (χ4n) is 2.52. The second-order valence-electron chi connectivity index (χ2n) is 5.06.